The summed E-state index contributed by atoms with van der Waals surface area (Å²) >= 11 is 6.51. The van der Waals surface area contributed by atoms with Crippen molar-refractivity contribution >= 4 is 39.0 Å². The maximum atomic E-state index is 15.2. The van der Waals surface area contributed by atoms with Crippen molar-refractivity contribution < 1.29 is 37.5 Å². The standard InChI is InChI=1S/C44H57ClN6O8S/c1-29-26-60(54,48-42(53)35-25-49(2)46-43(35)56-4)47-41(52)31-8-12-40-37(23-31)51(27-44(28-59-40)15-5-6-30-22-33(45)9-11-36(30)44)24-32-7-10-34(32)39(55-3)14-13-38(29)58-21-18-50-16-19-57-20-17-50/h8-9,11-14,22-23,25,29,32,34,38-39H,5-7,10,15-21,24,26-28H2,1-4H3,(H,47,48,52,53,54)/b14-13-/t29-,32+,34-,38+,39+,44+,60?/m1/s1. The van der Waals surface area contributed by atoms with Crippen molar-refractivity contribution in [1.82, 2.24) is 19.4 Å². The lowest BCUT2D eigenvalue weighted by molar-refractivity contribution is -0.0000880. The van der Waals surface area contributed by atoms with E-state index >= 15 is 4.21 Å². The number of aryl methyl sites for hydroxylation is 2. The van der Waals surface area contributed by atoms with Gasteiger partial charge in [-0.25, -0.2) is 4.21 Å². The van der Waals surface area contributed by atoms with Crippen molar-refractivity contribution in [3.63, 3.8) is 0 Å². The Morgan fingerprint density at radius 1 is 1.10 bits per heavy atom. The molecular formula is C44H57ClN6O8S. The van der Waals surface area contributed by atoms with Gasteiger partial charge in [0.25, 0.3) is 11.8 Å². The van der Waals surface area contributed by atoms with Crippen LogP contribution in [0.15, 0.2) is 59.1 Å². The molecule has 60 heavy (non-hydrogen) atoms. The lowest BCUT2D eigenvalue weighted by Gasteiger charge is -2.46. The molecule has 8 rings (SSSR count). The van der Waals surface area contributed by atoms with Gasteiger partial charge in [0.05, 0.1) is 57.2 Å². The second kappa shape index (κ2) is 18.2. The number of hydrogen-bond donors (Lipinski definition) is 1. The van der Waals surface area contributed by atoms with Gasteiger partial charge in [-0.05, 0) is 85.4 Å². The summed E-state index contributed by atoms with van der Waals surface area (Å²) in [5, 5.41) is 4.93. The van der Waals surface area contributed by atoms with Crippen LogP contribution in [0, 0.1) is 17.8 Å². The quantitative estimate of drug-likeness (QED) is 0.288. The molecule has 4 heterocycles. The van der Waals surface area contributed by atoms with Crippen LogP contribution < -0.4 is 19.1 Å². The SMILES string of the molecule is COc1nn(C)cc1C(=O)NS1(=O)=NC(=O)c2ccc3c(c2)N(C[C@@H]2CC[C@H]2[C@@H](OC)/C=C\[C@H](OCCN2CCOCC2)[C@H](C)C1)C[C@@]1(CCCc2cc(Cl)ccc21)CO3. The average molecular weight is 865 g/mol. The number of ether oxygens (including phenoxy) is 5. The van der Waals surface area contributed by atoms with Gasteiger partial charge >= 0.3 is 0 Å². The van der Waals surface area contributed by atoms with Gasteiger partial charge in [-0.2, -0.15) is 0 Å². The van der Waals surface area contributed by atoms with Crippen LogP contribution in [0.5, 0.6) is 11.6 Å². The van der Waals surface area contributed by atoms with Crippen LogP contribution in [0.1, 0.15) is 64.4 Å². The molecule has 2 bridgehead atoms. The summed E-state index contributed by atoms with van der Waals surface area (Å²) in [6.07, 6.45) is 9.80. The molecule has 3 aromatic rings. The van der Waals surface area contributed by atoms with Gasteiger partial charge in [0, 0.05) is 75.0 Å². The predicted octanol–water partition coefficient (Wildman–Crippen LogP) is 5.47. The van der Waals surface area contributed by atoms with E-state index in [0.29, 0.717) is 51.2 Å². The summed E-state index contributed by atoms with van der Waals surface area (Å²) < 4.78 is 54.0. The van der Waals surface area contributed by atoms with Crippen LogP contribution in [-0.2, 0) is 43.0 Å². The zero-order valence-corrected chi connectivity index (χ0v) is 36.6. The highest BCUT2D eigenvalue weighted by Crippen LogP contribution is 2.47. The molecule has 1 spiro atoms. The highest BCUT2D eigenvalue weighted by molar-refractivity contribution is 7.92. The van der Waals surface area contributed by atoms with Crippen LogP contribution >= 0.6 is 11.6 Å². The Kier molecular flexibility index (Phi) is 12.9. The number of hydrogen-bond acceptors (Lipinski definition) is 11. The number of anilines is 1. The number of carbonyl (C=O) groups excluding carboxylic acids is 2. The van der Waals surface area contributed by atoms with E-state index in [1.165, 1.54) is 29.1 Å². The predicted molar refractivity (Wildman–Crippen MR) is 230 cm³/mol. The minimum absolute atomic E-state index is 0.0602. The highest BCUT2D eigenvalue weighted by atomic mass is 35.5. The van der Waals surface area contributed by atoms with Gasteiger partial charge in [0.2, 0.25) is 5.88 Å². The first-order valence-electron chi connectivity index (χ1n) is 21.1. The number of carbonyl (C=O) groups is 2. The zero-order chi connectivity index (χ0) is 42.0. The Morgan fingerprint density at radius 3 is 2.68 bits per heavy atom. The maximum absolute atomic E-state index is 15.2. The molecular weight excluding hydrogens is 808 g/mol. The first kappa shape index (κ1) is 42.7. The van der Waals surface area contributed by atoms with E-state index in [-0.39, 0.29) is 40.2 Å². The van der Waals surface area contributed by atoms with E-state index in [9.17, 15) is 9.59 Å². The molecule has 2 aromatic carbocycles. The normalized spacial score (nSPS) is 30.2. The van der Waals surface area contributed by atoms with Gasteiger partial charge in [-0.15, -0.1) is 9.46 Å². The van der Waals surface area contributed by atoms with Crippen molar-refractivity contribution in [2.24, 2.45) is 29.2 Å². The molecule has 7 atom stereocenters. The molecule has 14 nitrogen and oxygen atoms in total. The van der Waals surface area contributed by atoms with Crippen LogP contribution in [0.2, 0.25) is 5.02 Å². The van der Waals surface area contributed by atoms with Gasteiger partial charge in [-0.1, -0.05) is 36.7 Å². The molecule has 1 saturated heterocycles. The van der Waals surface area contributed by atoms with Gasteiger partial charge in [0.15, 0.2) is 0 Å². The summed E-state index contributed by atoms with van der Waals surface area (Å²) in [5.41, 5.74) is 3.29. The monoisotopic (exact) mass is 864 g/mol. The van der Waals surface area contributed by atoms with E-state index in [4.69, 9.17) is 35.3 Å². The molecule has 5 aliphatic rings. The van der Waals surface area contributed by atoms with Gasteiger partial charge in [-0.3, -0.25) is 23.9 Å². The van der Waals surface area contributed by atoms with Crippen molar-refractivity contribution in [1.29, 1.82) is 0 Å². The average Bonchev–Trinajstić information content (AvgIpc) is 3.54. The molecule has 2 amide bonds. The van der Waals surface area contributed by atoms with E-state index < -0.39 is 33.8 Å². The minimum Gasteiger partial charge on any atom is -0.490 e. The van der Waals surface area contributed by atoms with Crippen LogP contribution in [0.3, 0.4) is 0 Å². The maximum Gasteiger partial charge on any atom is 0.286 e. The van der Waals surface area contributed by atoms with E-state index in [0.717, 1.165) is 62.4 Å². The Morgan fingerprint density at radius 2 is 1.92 bits per heavy atom. The van der Waals surface area contributed by atoms with Crippen LogP contribution in [0.4, 0.5) is 5.69 Å². The third-order valence-corrected chi connectivity index (χ3v) is 15.2. The fourth-order valence-electron chi connectivity index (χ4n) is 9.67. The van der Waals surface area contributed by atoms with E-state index in [2.05, 4.69) is 42.2 Å². The third kappa shape index (κ3) is 9.12. The molecule has 2 fully saturated rings. The number of morpholine rings is 1. The Balaban J connectivity index is 1.19. The summed E-state index contributed by atoms with van der Waals surface area (Å²) in [5.74, 6) is -0.771. The second-order valence-electron chi connectivity index (χ2n) is 17.0. The van der Waals surface area contributed by atoms with Crippen molar-refractivity contribution in [2.45, 2.75) is 56.7 Å². The Bertz CT molecular complexity index is 2220. The number of nitrogens with one attached hydrogen (secondary N) is 1. The second-order valence-corrected chi connectivity index (χ2v) is 19.4. The molecule has 0 radical (unpaired) electrons. The van der Waals surface area contributed by atoms with E-state index in [1.807, 2.05) is 31.2 Å². The number of aromatic nitrogens is 2. The minimum atomic E-state index is -3.78. The molecule has 324 valence electrons. The first-order valence-corrected chi connectivity index (χ1v) is 23.1. The summed E-state index contributed by atoms with van der Waals surface area (Å²) in [6.45, 7) is 7.89. The molecule has 1 saturated carbocycles. The number of fused-ring (bicyclic) bond motifs is 4. The summed E-state index contributed by atoms with van der Waals surface area (Å²) in [7, 11) is 1.03. The molecule has 16 heteroatoms. The lowest BCUT2D eigenvalue weighted by atomic mass is 9.68. The fourth-order valence-corrected chi connectivity index (χ4v) is 11.7. The highest BCUT2D eigenvalue weighted by Gasteiger charge is 2.44. The Labute approximate surface area is 358 Å². The van der Waals surface area contributed by atoms with Crippen LogP contribution in [-0.4, -0.2) is 122 Å². The third-order valence-electron chi connectivity index (χ3n) is 13.0. The number of benzene rings is 2. The van der Waals surface area contributed by atoms with Crippen molar-refractivity contribution in [3.05, 3.63) is 82.0 Å². The summed E-state index contributed by atoms with van der Waals surface area (Å²) in [4.78, 5) is 32.9. The number of rotatable bonds is 8. The number of halogens is 1. The van der Waals surface area contributed by atoms with E-state index in [1.54, 1.807) is 20.2 Å². The largest absolute Gasteiger partial charge is 0.490 e. The number of nitrogens with zero attached hydrogens (tertiary/aromatic N) is 5. The molecule has 1 aromatic heterocycles. The van der Waals surface area contributed by atoms with Gasteiger partial charge < -0.3 is 28.6 Å². The topological polar surface area (TPSA) is 146 Å². The van der Waals surface area contributed by atoms with Crippen molar-refractivity contribution in [3.8, 4) is 11.6 Å². The molecule has 1 unspecified atom stereocenters. The smallest absolute Gasteiger partial charge is 0.286 e. The van der Waals surface area contributed by atoms with Crippen molar-refractivity contribution in [2.75, 3.05) is 84.0 Å². The molecule has 3 aliphatic heterocycles. The van der Waals surface area contributed by atoms with Gasteiger partial charge in [0.1, 0.15) is 21.2 Å². The Hall–Kier alpha value is -3.99. The van der Waals surface area contributed by atoms with Crippen LogP contribution in [0.25, 0.3) is 0 Å². The molecule has 1 N–H and O–H groups in total. The summed E-state index contributed by atoms with van der Waals surface area (Å²) in [6, 6.07) is 11.5. The molecule has 2 aliphatic carbocycles. The number of methoxy groups -OCH3 is 2. The fraction of sp³-hybridized carbons (Fsp3) is 0.568. The first-order chi connectivity index (χ1) is 29.0. The number of amides is 2. The lowest BCUT2D eigenvalue weighted by Crippen LogP contribution is -2.49. The zero-order valence-electron chi connectivity index (χ0n) is 35.0.